The summed E-state index contributed by atoms with van der Waals surface area (Å²) in [7, 11) is 1.54. The van der Waals surface area contributed by atoms with E-state index >= 15 is 0 Å². The third-order valence-corrected chi connectivity index (χ3v) is 1.94. The van der Waals surface area contributed by atoms with E-state index in [0.717, 1.165) is 0 Å². The predicted octanol–water partition coefficient (Wildman–Crippen LogP) is 0.816. The number of nitrogens with two attached hydrogens (primary N) is 1. The third-order valence-electron chi connectivity index (χ3n) is 1.72. The molecule has 0 fully saturated rings. The van der Waals surface area contributed by atoms with E-state index in [1.54, 1.807) is 13.1 Å². The minimum absolute atomic E-state index is 0.212. The van der Waals surface area contributed by atoms with Crippen molar-refractivity contribution in [2.45, 2.75) is 0 Å². The Bertz CT molecular complexity index is 402. The van der Waals surface area contributed by atoms with Crippen LogP contribution in [0.4, 0.5) is 0 Å². The van der Waals surface area contributed by atoms with E-state index in [1.807, 2.05) is 0 Å². The van der Waals surface area contributed by atoms with Gasteiger partial charge in [0.25, 0.3) is 0 Å². The number of nitro groups is 1. The average molecular weight is 229 g/mol. The SMILES string of the molecule is CNC(=C(N)[N+](=O)[O-])c1ccc(Cl)nc1. The molecule has 3 N–H and O–H groups in total. The summed E-state index contributed by atoms with van der Waals surface area (Å²) >= 11 is 5.59. The van der Waals surface area contributed by atoms with Crippen molar-refractivity contribution in [2.75, 3.05) is 7.05 Å². The predicted molar refractivity (Wildman–Crippen MR) is 56.4 cm³/mol. The number of pyridine rings is 1. The maximum atomic E-state index is 10.5. The van der Waals surface area contributed by atoms with Crippen LogP contribution in [0.5, 0.6) is 0 Å². The van der Waals surface area contributed by atoms with Gasteiger partial charge in [-0.3, -0.25) is 5.73 Å². The Morgan fingerprint density at radius 2 is 2.33 bits per heavy atom. The maximum Gasteiger partial charge on any atom is 0.338 e. The van der Waals surface area contributed by atoms with Crippen molar-refractivity contribution in [2.24, 2.45) is 5.73 Å². The standard InChI is InChI=1S/C8H9ClN4O2/c1-11-7(8(10)13(14)15)5-2-3-6(9)12-4-5/h2-4,11H,10H2,1H3. The van der Waals surface area contributed by atoms with Crippen molar-refractivity contribution in [1.82, 2.24) is 10.3 Å². The van der Waals surface area contributed by atoms with E-state index < -0.39 is 10.7 Å². The molecule has 80 valence electrons. The lowest BCUT2D eigenvalue weighted by molar-refractivity contribution is -0.425. The molecule has 0 aromatic carbocycles. The highest BCUT2D eigenvalue weighted by Crippen LogP contribution is 2.14. The molecule has 7 heteroatoms. The van der Waals surface area contributed by atoms with Crippen LogP contribution in [-0.4, -0.2) is 17.0 Å². The number of nitrogens with one attached hydrogen (secondary N) is 1. The second kappa shape index (κ2) is 4.61. The zero-order chi connectivity index (χ0) is 11.4. The van der Waals surface area contributed by atoms with Gasteiger partial charge in [0, 0.05) is 18.8 Å². The molecule has 0 radical (unpaired) electrons. The molecule has 0 spiro atoms. The summed E-state index contributed by atoms with van der Waals surface area (Å²) in [5.41, 5.74) is 6.02. The molecule has 0 unspecified atom stereocenters. The fraction of sp³-hybridized carbons (Fsp3) is 0.125. The van der Waals surface area contributed by atoms with Crippen LogP contribution in [0.1, 0.15) is 5.56 Å². The first-order valence-electron chi connectivity index (χ1n) is 4.00. The average Bonchev–Trinajstić information content (AvgIpc) is 2.21. The molecule has 0 aliphatic carbocycles. The molecule has 1 aromatic heterocycles. The topological polar surface area (TPSA) is 94.1 Å². The highest BCUT2D eigenvalue weighted by molar-refractivity contribution is 6.29. The Morgan fingerprint density at radius 3 is 2.73 bits per heavy atom. The number of hydrogen-bond donors (Lipinski definition) is 2. The molecule has 0 aliphatic heterocycles. The largest absolute Gasteiger partial charge is 0.381 e. The van der Waals surface area contributed by atoms with Crippen LogP contribution >= 0.6 is 11.6 Å². The smallest absolute Gasteiger partial charge is 0.338 e. The first-order valence-corrected chi connectivity index (χ1v) is 4.38. The Kier molecular flexibility index (Phi) is 3.46. The van der Waals surface area contributed by atoms with Gasteiger partial charge in [0.1, 0.15) is 10.9 Å². The van der Waals surface area contributed by atoms with Gasteiger partial charge in [0.2, 0.25) is 0 Å². The van der Waals surface area contributed by atoms with Gasteiger partial charge in [-0.1, -0.05) is 11.6 Å². The van der Waals surface area contributed by atoms with E-state index in [1.165, 1.54) is 12.3 Å². The number of hydrogen-bond acceptors (Lipinski definition) is 5. The maximum absolute atomic E-state index is 10.5. The third kappa shape index (κ3) is 2.57. The molecule has 15 heavy (non-hydrogen) atoms. The molecule has 1 heterocycles. The van der Waals surface area contributed by atoms with Gasteiger partial charge in [-0.05, 0) is 17.1 Å². The quantitative estimate of drug-likeness (QED) is 0.454. The zero-order valence-electron chi connectivity index (χ0n) is 7.90. The molecule has 0 amide bonds. The molecule has 0 saturated carbocycles. The van der Waals surface area contributed by atoms with Crippen LogP contribution in [0.15, 0.2) is 24.2 Å². The van der Waals surface area contributed by atoms with Crippen LogP contribution in [0.2, 0.25) is 5.15 Å². The number of rotatable bonds is 3. The van der Waals surface area contributed by atoms with Crippen molar-refractivity contribution in [1.29, 1.82) is 0 Å². The molecule has 0 bridgehead atoms. The molecule has 0 atom stereocenters. The summed E-state index contributed by atoms with van der Waals surface area (Å²) in [4.78, 5) is 13.6. The van der Waals surface area contributed by atoms with Gasteiger partial charge in [-0.2, -0.15) is 0 Å². The Hall–Kier alpha value is -1.82. The monoisotopic (exact) mass is 228 g/mol. The van der Waals surface area contributed by atoms with Crippen molar-refractivity contribution < 1.29 is 4.92 Å². The molecule has 0 aliphatic rings. The minimum atomic E-state index is -0.666. The minimum Gasteiger partial charge on any atom is -0.381 e. The van der Waals surface area contributed by atoms with E-state index in [9.17, 15) is 10.1 Å². The Labute approximate surface area is 90.9 Å². The Balaban J connectivity index is 3.19. The Morgan fingerprint density at radius 1 is 1.67 bits per heavy atom. The van der Waals surface area contributed by atoms with Crippen LogP contribution < -0.4 is 11.1 Å². The first kappa shape index (κ1) is 11.3. The fourth-order valence-corrected chi connectivity index (χ4v) is 1.15. The van der Waals surface area contributed by atoms with Gasteiger partial charge in [0.05, 0.1) is 0 Å². The van der Waals surface area contributed by atoms with Crippen molar-refractivity contribution in [3.8, 4) is 0 Å². The normalized spacial score (nSPS) is 11.9. The summed E-state index contributed by atoms with van der Waals surface area (Å²) < 4.78 is 0. The van der Waals surface area contributed by atoms with Crippen LogP contribution in [-0.2, 0) is 0 Å². The van der Waals surface area contributed by atoms with E-state index in [0.29, 0.717) is 10.7 Å². The van der Waals surface area contributed by atoms with Crippen LogP contribution in [0, 0.1) is 10.1 Å². The van der Waals surface area contributed by atoms with Gasteiger partial charge in [-0.15, -0.1) is 0 Å². The van der Waals surface area contributed by atoms with Gasteiger partial charge in [-0.25, -0.2) is 4.98 Å². The van der Waals surface area contributed by atoms with Gasteiger partial charge < -0.3 is 15.4 Å². The van der Waals surface area contributed by atoms with Crippen LogP contribution in [0.25, 0.3) is 5.70 Å². The van der Waals surface area contributed by atoms with E-state index in [2.05, 4.69) is 10.3 Å². The summed E-state index contributed by atoms with van der Waals surface area (Å²) in [6, 6.07) is 3.12. The van der Waals surface area contributed by atoms with Crippen molar-refractivity contribution in [3.05, 3.63) is 45.0 Å². The van der Waals surface area contributed by atoms with Gasteiger partial charge in [0.15, 0.2) is 0 Å². The summed E-state index contributed by atoms with van der Waals surface area (Å²) in [5.74, 6) is -0.457. The second-order valence-corrected chi connectivity index (χ2v) is 3.02. The highest BCUT2D eigenvalue weighted by atomic mass is 35.5. The number of halogens is 1. The lowest BCUT2D eigenvalue weighted by Crippen LogP contribution is -2.18. The zero-order valence-corrected chi connectivity index (χ0v) is 8.65. The fourth-order valence-electron chi connectivity index (χ4n) is 1.04. The van der Waals surface area contributed by atoms with Crippen molar-refractivity contribution in [3.63, 3.8) is 0 Å². The lowest BCUT2D eigenvalue weighted by Gasteiger charge is -2.06. The molecular formula is C8H9ClN4O2. The van der Waals surface area contributed by atoms with Gasteiger partial charge >= 0.3 is 5.82 Å². The number of aromatic nitrogens is 1. The molecule has 1 aromatic rings. The highest BCUT2D eigenvalue weighted by Gasteiger charge is 2.12. The molecule has 1 rings (SSSR count). The number of nitrogens with zero attached hydrogens (tertiary/aromatic N) is 2. The van der Waals surface area contributed by atoms with E-state index in [4.69, 9.17) is 17.3 Å². The molecular weight excluding hydrogens is 220 g/mol. The second-order valence-electron chi connectivity index (χ2n) is 2.64. The molecule has 0 saturated heterocycles. The lowest BCUT2D eigenvalue weighted by atomic mass is 10.2. The van der Waals surface area contributed by atoms with E-state index in [-0.39, 0.29) is 5.70 Å². The van der Waals surface area contributed by atoms with Crippen molar-refractivity contribution >= 4 is 17.3 Å². The van der Waals surface area contributed by atoms with Crippen LogP contribution in [0.3, 0.4) is 0 Å². The first-order chi connectivity index (χ1) is 7.06. The summed E-state index contributed by atoms with van der Waals surface area (Å²) in [6.45, 7) is 0. The summed E-state index contributed by atoms with van der Waals surface area (Å²) in [6.07, 6.45) is 1.41. The summed E-state index contributed by atoms with van der Waals surface area (Å²) in [5, 5.41) is 13.4. The molecule has 6 nitrogen and oxygen atoms in total.